The van der Waals surface area contributed by atoms with Crippen LogP contribution in [0.2, 0.25) is 0 Å². The van der Waals surface area contributed by atoms with Gasteiger partial charge in [-0.1, -0.05) is 48.5 Å². The summed E-state index contributed by atoms with van der Waals surface area (Å²) in [5.41, 5.74) is 14.7. The van der Waals surface area contributed by atoms with E-state index >= 15 is 0 Å². The van der Waals surface area contributed by atoms with Gasteiger partial charge in [-0.2, -0.15) is 0 Å². The molecule has 2 aromatic heterocycles. The molecule has 0 unspecified atom stereocenters. The molecule has 0 spiro atoms. The normalized spacial score (nSPS) is 10.9. The third kappa shape index (κ3) is 12.0. The Labute approximate surface area is 510 Å². The summed E-state index contributed by atoms with van der Waals surface area (Å²) in [5, 5.41) is 2.17. The highest BCUT2D eigenvalue weighted by Gasteiger charge is 2.21. The fourth-order valence-electron chi connectivity index (χ4n) is 10.5. The molecule has 0 saturated carbocycles. The highest BCUT2D eigenvalue weighted by atomic mass is 32.1. The van der Waals surface area contributed by atoms with E-state index in [4.69, 9.17) is 28.4 Å². The molecule has 12 heteroatoms. The number of benzene rings is 10. The number of thiophene rings is 2. The van der Waals surface area contributed by atoms with Crippen molar-refractivity contribution in [3.05, 3.63) is 267 Å². The van der Waals surface area contributed by atoms with E-state index in [1.807, 2.05) is 72.8 Å². The first-order chi connectivity index (χ1) is 42.3. The average molecular weight is 1170 g/mol. The Bertz CT molecular complexity index is 3770. The lowest BCUT2D eigenvalue weighted by Gasteiger charge is -2.26. The standard InChI is InChI=1S/C74H62N4O6S2/c1-79-65-35-23-57(24-36-65)75(58-25-37-66(80-2)38-26-58)55-15-7-51(8-16-55)53-11-19-61(20-12-53)77(63-31-43-69(83-5)44-32-63)73-49-47-71(85-73)72-48-50-74(86-72)78(64-33-45-70(84-6)46-34-64)62-21-13-54(14-22-62)52-9-17-56(18-10-52)76(59-27-39-67(81-3)40-28-59)60-29-41-68(82-4)42-30-60/h7-50H,1-6H3. The molecule has 12 aromatic rings. The van der Waals surface area contributed by atoms with Crippen LogP contribution in [0, 0.1) is 0 Å². The second kappa shape index (κ2) is 25.6. The van der Waals surface area contributed by atoms with E-state index in [0.717, 1.165) is 133 Å². The van der Waals surface area contributed by atoms with Crippen molar-refractivity contribution in [2.75, 3.05) is 62.3 Å². The summed E-state index contributed by atoms with van der Waals surface area (Å²) in [6.45, 7) is 0. The predicted octanol–water partition coefficient (Wildman–Crippen LogP) is 20.7. The van der Waals surface area contributed by atoms with Gasteiger partial charge in [-0.15, -0.1) is 22.7 Å². The Balaban J connectivity index is 0.812. The van der Waals surface area contributed by atoms with Crippen LogP contribution >= 0.6 is 22.7 Å². The smallest absolute Gasteiger partial charge is 0.119 e. The van der Waals surface area contributed by atoms with Gasteiger partial charge >= 0.3 is 0 Å². The van der Waals surface area contributed by atoms with Gasteiger partial charge in [0.05, 0.1) is 42.7 Å². The largest absolute Gasteiger partial charge is 0.497 e. The van der Waals surface area contributed by atoms with Crippen molar-refractivity contribution in [2.24, 2.45) is 0 Å². The van der Waals surface area contributed by atoms with E-state index < -0.39 is 0 Å². The maximum atomic E-state index is 5.60. The van der Waals surface area contributed by atoms with Gasteiger partial charge in [-0.25, -0.2) is 0 Å². The van der Waals surface area contributed by atoms with Crippen molar-refractivity contribution in [2.45, 2.75) is 0 Å². The van der Waals surface area contributed by atoms with Gasteiger partial charge in [0.25, 0.3) is 0 Å². The van der Waals surface area contributed by atoms with E-state index in [0.29, 0.717) is 0 Å². The van der Waals surface area contributed by atoms with Crippen LogP contribution in [0.3, 0.4) is 0 Å². The Hall–Kier alpha value is -10.4. The Morgan fingerprint density at radius 2 is 0.349 bits per heavy atom. The molecule has 0 fully saturated rings. The van der Waals surface area contributed by atoms with Gasteiger partial charge < -0.3 is 48.0 Å². The highest BCUT2D eigenvalue weighted by molar-refractivity contribution is 7.26. The maximum Gasteiger partial charge on any atom is 0.119 e. The van der Waals surface area contributed by atoms with Crippen molar-refractivity contribution >= 4 is 89.5 Å². The minimum absolute atomic E-state index is 0.798. The predicted molar refractivity (Wildman–Crippen MR) is 357 cm³/mol. The van der Waals surface area contributed by atoms with Crippen molar-refractivity contribution in [3.8, 4) is 66.5 Å². The lowest BCUT2D eigenvalue weighted by Crippen LogP contribution is -2.09. The van der Waals surface area contributed by atoms with Crippen LogP contribution in [0.5, 0.6) is 34.5 Å². The molecule has 10 nitrogen and oxygen atoms in total. The first kappa shape index (κ1) is 56.1. The lowest BCUT2D eigenvalue weighted by atomic mass is 10.0. The van der Waals surface area contributed by atoms with Gasteiger partial charge in [-0.05, 0) is 241 Å². The molecule has 426 valence electrons. The third-order valence-electron chi connectivity index (χ3n) is 15.0. The van der Waals surface area contributed by atoms with Crippen LogP contribution in [0.15, 0.2) is 267 Å². The molecular formula is C74H62N4O6S2. The zero-order valence-corrected chi connectivity index (χ0v) is 50.1. The molecule has 0 atom stereocenters. The minimum Gasteiger partial charge on any atom is -0.497 e. The molecular weight excluding hydrogens is 1100 g/mol. The van der Waals surface area contributed by atoms with Crippen LogP contribution in [0.25, 0.3) is 32.0 Å². The summed E-state index contributed by atoms with van der Waals surface area (Å²) < 4.78 is 33.1. The quantitative estimate of drug-likeness (QED) is 0.0695. The highest BCUT2D eigenvalue weighted by Crippen LogP contribution is 2.48. The van der Waals surface area contributed by atoms with E-state index in [2.05, 4.69) is 214 Å². The topological polar surface area (TPSA) is 68.3 Å². The fraction of sp³-hybridized carbons (Fsp3) is 0.0811. The molecule has 2 heterocycles. The van der Waals surface area contributed by atoms with Gasteiger partial charge in [-0.3, -0.25) is 0 Å². The van der Waals surface area contributed by atoms with Crippen LogP contribution in [0.1, 0.15) is 0 Å². The number of ether oxygens (including phenoxy) is 6. The minimum atomic E-state index is 0.798. The van der Waals surface area contributed by atoms with E-state index in [-0.39, 0.29) is 0 Å². The van der Waals surface area contributed by atoms with Gasteiger partial charge in [0.15, 0.2) is 0 Å². The summed E-state index contributed by atoms with van der Waals surface area (Å²) >= 11 is 3.52. The Morgan fingerprint density at radius 3 is 0.523 bits per heavy atom. The second-order valence-corrected chi connectivity index (χ2v) is 22.1. The van der Waals surface area contributed by atoms with Gasteiger partial charge in [0.2, 0.25) is 0 Å². The van der Waals surface area contributed by atoms with Crippen molar-refractivity contribution in [1.82, 2.24) is 0 Å². The maximum absolute atomic E-state index is 5.60. The van der Waals surface area contributed by atoms with E-state index in [9.17, 15) is 0 Å². The monoisotopic (exact) mass is 1170 g/mol. The zero-order chi connectivity index (χ0) is 58.9. The molecule has 0 amide bonds. The fourth-order valence-corrected chi connectivity index (χ4v) is 12.6. The van der Waals surface area contributed by atoms with Crippen molar-refractivity contribution in [1.29, 1.82) is 0 Å². The molecule has 86 heavy (non-hydrogen) atoms. The molecule has 0 radical (unpaired) electrons. The first-order valence-electron chi connectivity index (χ1n) is 28.0. The molecule has 0 saturated heterocycles. The second-order valence-electron chi connectivity index (χ2n) is 20.0. The molecule has 12 rings (SSSR count). The first-order valence-corrected chi connectivity index (χ1v) is 29.6. The molecule has 0 aliphatic heterocycles. The third-order valence-corrected chi connectivity index (χ3v) is 17.4. The molecule has 0 bridgehead atoms. The van der Waals surface area contributed by atoms with Crippen molar-refractivity contribution < 1.29 is 28.4 Å². The van der Waals surface area contributed by atoms with Crippen LogP contribution in [-0.4, -0.2) is 42.7 Å². The van der Waals surface area contributed by atoms with E-state index in [1.54, 1.807) is 65.3 Å². The van der Waals surface area contributed by atoms with Crippen LogP contribution in [0.4, 0.5) is 66.9 Å². The number of nitrogens with zero attached hydrogens (tertiary/aromatic N) is 4. The number of hydrogen-bond acceptors (Lipinski definition) is 12. The Kier molecular flexibility index (Phi) is 16.7. The number of methoxy groups -OCH3 is 6. The molecule has 0 aliphatic carbocycles. The number of hydrogen-bond donors (Lipinski definition) is 0. The lowest BCUT2D eigenvalue weighted by molar-refractivity contribution is 0.414. The average Bonchev–Trinajstić information content (AvgIpc) is 2.98. The molecule has 0 N–H and O–H groups in total. The van der Waals surface area contributed by atoms with Crippen LogP contribution < -0.4 is 48.0 Å². The molecule has 0 aliphatic rings. The van der Waals surface area contributed by atoms with Gasteiger partial charge in [0, 0.05) is 66.6 Å². The Morgan fingerprint density at radius 1 is 0.186 bits per heavy atom. The van der Waals surface area contributed by atoms with Crippen molar-refractivity contribution in [3.63, 3.8) is 0 Å². The zero-order valence-electron chi connectivity index (χ0n) is 48.5. The summed E-state index contributed by atoms with van der Waals surface area (Å²) in [6, 6.07) is 92.8. The van der Waals surface area contributed by atoms with Gasteiger partial charge in [0.1, 0.15) is 44.5 Å². The molecule has 10 aromatic carbocycles. The van der Waals surface area contributed by atoms with Crippen LogP contribution in [-0.2, 0) is 0 Å². The summed E-state index contributed by atoms with van der Waals surface area (Å²) in [5.74, 6) is 4.81. The number of rotatable bonds is 21. The van der Waals surface area contributed by atoms with E-state index in [1.165, 1.54) is 0 Å². The summed E-state index contributed by atoms with van der Waals surface area (Å²) in [4.78, 5) is 11.4. The summed E-state index contributed by atoms with van der Waals surface area (Å²) in [7, 11) is 10.1. The summed E-state index contributed by atoms with van der Waals surface area (Å²) in [6.07, 6.45) is 0. The number of anilines is 12. The SMILES string of the molecule is COc1ccc(N(c2ccc(OC)cc2)c2ccc(-c3ccc(N(c4ccc(OC)cc4)c4ccc(-c5ccc(N(c6ccc(OC)cc6)c6ccc(-c7ccc(N(c8ccc(OC)cc8)c8ccc(OC)cc8)cc7)cc6)s5)s4)cc3)cc2)cc1.